The second-order valence-corrected chi connectivity index (χ2v) is 5.68. The molecule has 0 aromatic heterocycles. The van der Waals surface area contributed by atoms with Gasteiger partial charge in [-0.1, -0.05) is 6.42 Å². The van der Waals surface area contributed by atoms with Gasteiger partial charge in [0, 0.05) is 12.1 Å². The highest BCUT2D eigenvalue weighted by Gasteiger charge is 2.17. The van der Waals surface area contributed by atoms with Gasteiger partial charge in [0.15, 0.2) is 5.96 Å². The number of carbonyl (C=O) groups excluding carboxylic acids is 1. The quantitative estimate of drug-likeness (QED) is 0.497. The molecule has 5 heteroatoms. The fourth-order valence-corrected chi connectivity index (χ4v) is 1.62. The first-order valence-corrected chi connectivity index (χ1v) is 6.21. The van der Waals surface area contributed by atoms with Crippen LogP contribution in [0.5, 0.6) is 0 Å². The molecule has 0 aromatic rings. The number of hydrogen-bond acceptors (Lipinski definition) is 2. The molecule has 0 aromatic carbocycles. The largest absolute Gasteiger partial charge is 0.370 e. The Labute approximate surface area is 103 Å². The molecule has 0 heterocycles. The number of aliphatic imine (C=N–C) groups is 1. The molecular weight excluding hydrogens is 216 g/mol. The first kappa shape index (κ1) is 13.8. The lowest BCUT2D eigenvalue weighted by Crippen LogP contribution is -2.43. The van der Waals surface area contributed by atoms with Gasteiger partial charge in [-0.2, -0.15) is 0 Å². The highest BCUT2D eigenvalue weighted by Crippen LogP contribution is 2.24. The van der Waals surface area contributed by atoms with Crippen LogP contribution in [-0.4, -0.2) is 30.5 Å². The molecule has 0 unspecified atom stereocenters. The van der Waals surface area contributed by atoms with Crippen LogP contribution in [0.15, 0.2) is 4.99 Å². The Morgan fingerprint density at radius 3 is 2.53 bits per heavy atom. The Kier molecular flexibility index (Phi) is 4.78. The summed E-state index contributed by atoms with van der Waals surface area (Å²) in [7, 11) is 0. The van der Waals surface area contributed by atoms with Crippen LogP contribution in [0.25, 0.3) is 0 Å². The third kappa shape index (κ3) is 6.14. The van der Waals surface area contributed by atoms with E-state index in [-0.39, 0.29) is 18.0 Å². The lowest BCUT2D eigenvalue weighted by Gasteiger charge is -2.25. The number of nitrogens with one attached hydrogen (secondary N) is 2. The predicted molar refractivity (Wildman–Crippen MR) is 69.7 cm³/mol. The maximum atomic E-state index is 11.5. The minimum absolute atomic E-state index is 0.0841. The van der Waals surface area contributed by atoms with Crippen LogP contribution >= 0.6 is 0 Å². The molecule has 4 N–H and O–H groups in total. The van der Waals surface area contributed by atoms with Crippen molar-refractivity contribution in [2.24, 2.45) is 16.6 Å². The summed E-state index contributed by atoms with van der Waals surface area (Å²) in [5.74, 6) is 0.985. The molecule has 0 radical (unpaired) electrons. The smallest absolute Gasteiger partial charge is 0.242 e. The number of hydrogen-bond donors (Lipinski definition) is 3. The summed E-state index contributed by atoms with van der Waals surface area (Å²) in [6.45, 7) is 6.77. The minimum Gasteiger partial charge on any atom is -0.370 e. The van der Waals surface area contributed by atoms with Crippen LogP contribution < -0.4 is 16.4 Å². The molecule has 0 spiro atoms. The lowest BCUT2D eigenvalue weighted by molar-refractivity contribution is -0.121. The maximum absolute atomic E-state index is 11.5. The van der Waals surface area contributed by atoms with E-state index >= 15 is 0 Å². The van der Waals surface area contributed by atoms with E-state index in [2.05, 4.69) is 15.6 Å². The zero-order valence-corrected chi connectivity index (χ0v) is 11.0. The van der Waals surface area contributed by atoms with Gasteiger partial charge in [-0.25, -0.2) is 4.99 Å². The summed E-state index contributed by atoms with van der Waals surface area (Å²) >= 11 is 0. The monoisotopic (exact) mass is 240 g/mol. The molecule has 5 nitrogen and oxygen atoms in total. The molecule has 17 heavy (non-hydrogen) atoms. The summed E-state index contributed by atoms with van der Waals surface area (Å²) in [4.78, 5) is 15.5. The Hall–Kier alpha value is -1.26. The lowest BCUT2D eigenvalue weighted by atomic mass is 9.85. The third-order valence-corrected chi connectivity index (χ3v) is 2.70. The molecular formula is C12H24N4O. The standard InChI is InChI=1S/C12H24N4O/c1-12(2,3)16-10(17)8-15-11(13)14-7-9-5-4-6-9/h9H,4-8H2,1-3H3,(H,16,17)(H3,13,14,15). The summed E-state index contributed by atoms with van der Waals surface area (Å²) < 4.78 is 0. The number of rotatable bonds is 4. The van der Waals surface area contributed by atoms with Gasteiger partial charge in [0.1, 0.15) is 6.54 Å². The van der Waals surface area contributed by atoms with Crippen LogP contribution in [0.1, 0.15) is 40.0 Å². The Bertz CT molecular complexity index is 289. The van der Waals surface area contributed by atoms with Crippen molar-refractivity contribution in [2.75, 3.05) is 13.1 Å². The topological polar surface area (TPSA) is 79.5 Å². The van der Waals surface area contributed by atoms with E-state index in [4.69, 9.17) is 5.73 Å². The van der Waals surface area contributed by atoms with Gasteiger partial charge < -0.3 is 16.4 Å². The van der Waals surface area contributed by atoms with E-state index in [0.717, 1.165) is 12.5 Å². The van der Waals surface area contributed by atoms with Gasteiger partial charge >= 0.3 is 0 Å². The van der Waals surface area contributed by atoms with E-state index in [0.29, 0.717) is 5.96 Å². The number of guanidine groups is 1. The van der Waals surface area contributed by atoms with E-state index in [9.17, 15) is 4.79 Å². The molecule has 98 valence electrons. The zero-order chi connectivity index (χ0) is 12.9. The van der Waals surface area contributed by atoms with Gasteiger partial charge in [-0.3, -0.25) is 4.79 Å². The van der Waals surface area contributed by atoms with Gasteiger partial charge in [0.2, 0.25) is 5.91 Å². The van der Waals surface area contributed by atoms with Crippen LogP contribution in [-0.2, 0) is 4.79 Å². The zero-order valence-electron chi connectivity index (χ0n) is 11.0. The molecule has 1 amide bonds. The van der Waals surface area contributed by atoms with Gasteiger partial charge in [0.25, 0.3) is 0 Å². The second-order valence-electron chi connectivity index (χ2n) is 5.68. The average molecular weight is 240 g/mol. The average Bonchev–Trinajstić information content (AvgIpc) is 2.09. The fraction of sp³-hybridized carbons (Fsp3) is 0.833. The molecule has 0 saturated heterocycles. The van der Waals surface area contributed by atoms with Crippen LogP contribution in [0.2, 0.25) is 0 Å². The van der Waals surface area contributed by atoms with E-state index in [1.54, 1.807) is 0 Å². The normalized spacial score (nSPS) is 17.5. The molecule has 1 fully saturated rings. The van der Waals surface area contributed by atoms with E-state index in [1.807, 2.05) is 20.8 Å². The van der Waals surface area contributed by atoms with Crippen LogP contribution in [0.4, 0.5) is 0 Å². The van der Waals surface area contributed by atoms with Crippen LogP contribution in [0.3, 0.4) is 0 Å². The first-order valence-electron chi connectivity index (χ1n) is 6.21. The molecule has 1 aliphatic carbocycles. The highest BCUT2D eigenvalue weighted by molar-refractivity contribution is 5.84. The van der Waals surface area contributed by atoms with E-state index in [1.165, 1.54) is 19.3 Å². The molecule has 1 saturated carbocycles. The summed E-state index contributed by atoms with van der Waals surface area (Å²) in [6, 6.07) is 0. The van der Waals surface area contributed by atoms with Crippen molar-refractivity contribution >= 4 is 11.9 Å². The summed E-state index contributed by atoms with van der Waals surface area (Å²) in [6.07, 6.45) is 3.85. The minimum atomic E-state index is -0.222. The van der Waals surface area contributed by atoms with Crippen molar-refractivity contribution in [2.45, 2.75) is 45.6 Å². The molecule has 0 atom stereocenters. The number of carbonyl (C=O) groups is 1. The summed E-state index contributed by atoms with van der Waals surface area (Å²) in [5.41, 5.74) is 5.45. The number of nitrogens with two attached hydrogens (primary N) is 1. The molecule has 0 aliphatic heterocycles. The van der Waals surface area contributed by atoms with Crippen molar-refractivity contribution in [3.63, 3.8) is 0 Å². The third-order valence-electron chi connectivity index (χ3n) is 2.70. The molecule has 0 bridgehead atoms. The van der Waals surface area contributed by atoms with Crippen molar-refractivity contribution in [1.29, 1.82) is 0 Å². The highest BCUT2D eigenvalue weighted by atomic mass is 16.2. The fourth-order valence-electron chi connectivity index (χ4n) is 1.62. The van der Waals surface area contributed by atoms with Crippen molar-refractivity contribution in [1.82, 2.24) is 10.6 Å². The van der Waals surface area contributed by atoms with Gasteiger partial charge in [-0.15, -0.1) is 0 Å². The van der Waals surface area contributed by atoms with Gasteiger partial charge in [-0.05, 0) is 39.5 Å². The Balaban J connectivity index is 2.19. The van der Waals surface area contributed by atoms with Gasteiger partial charge in [0.05, 0.1) is 0 Å². The van der Waals surface area contributed by atoms with Crippen molar-refractivity contribution < 1.29 is 4.79 Å². The number of amides is 1. The maximum Gasteiger partial charge on any atom is 0.242 e. The Morgan fingerprint density at radius 1 is 1.41 bits per heavy atom. The first-order chi connectivity index (χ1) is 7.87. The van der Waals surface area contributed by atoms with Crippen molar-refractivity contribution in [3.8, 4) is 0 Å². The molecule has 1 aliphatic rings. The second kappa shape index (κ2) is 5.89. The number of nitrogens with zero attached hydrogens (tertiary/aromatic N) is 1. The van der Waals surface area contributed by atoms with Crippen molar-refractivity contribution in [3.05, 3.63) is 0 Å². The SMILES string of the molecule is CC(C)(C)NC(=O)CN=C(N)NCC1CCC1. The summed E-state index contributed by atoms with van der Waals surface area (Å²) in [5, 5.41) is 5.88. The molecule has 1 rings (SSSR count). The Morgan fingerprint density at radius 2 is 2.06 bits per heavy atom. The predicted octanol–water partition coefficient (Wildman–Crippen LogP) is 0.606. The van der Waals surface area contributed by atoms with E-state index < -0.39 is 0 Å². The van der Waals surface area contributed by atoms with Crippen LogP contribution in [0, 0.1) is 5.92 Å².